The number of nitrogens with one attached hydrogen (secondary N) is 1. The van der Waals surface area contributed by atoms with Crippen LogP contribution in [0.3, 0.4) is 0 Å². The summed E-state index contributed by atoms with van der Waals surface area (Å²) < 4.78 is 25.9. The average Bonchev–Trinajstić information content (AvgIpc) is 2.98. The van der Waals surface area contributed by atoms with E-state index in [1.165, 1.54) is 11.1 Å². The Kier molecular flexibility index (Phi) is 8.56. The van der Waals surface area contributed by atoms with Gasteiger partial charge in [-0.1, -0.05) is 19.9 Å². The number of fused-ring (bicyclic) bond motifs is 1. The maximum atomic E-state index is 14.6. The minimum Gasteiger partial charge on any atom is -0.494 e. The second kappa shape index (κ2) is 12.4. The van der Waals surface area contributed by atoms with Crippen molar-refractivity contribution in [2.75, 3.05) is 20.3 Å². The Morgan fingerprint density at radius 2 is 1.90 bits per heavy atom. The molecule has 2 amide bonds. The number of benzene rings is 2. The molecule has 1 atom stereocenters. The molecular formula is C31H34FN5O4. The number of halogens is 1. The van der Waals surface area contributed by atoms with Crippen LogP contribution in [0.15, 0.2) is 52.7 Å². The summed E-state index contributed by atoms with van der Waals surface area (Å²) in [5.41, 5.74) is 7.25. The topological polar surface area (TPSA) is 105 Å². The minimum absolute atomic E-state index is 0.0187. The number of methoxy groups -OCH3 is 1. The molecule has 0 saturated carbocycles. The highest BCUT2D eigenvalue weighted by molar-refractivity contribution is 6.14. The lowest BCUT2D eigenvalue weighted by molar-refractivity contribution is -0.132. The SMILES string of the molecule is CCc1ccc2c(C3=NN(CCCCOc4ccc(C5=NNC(=O)CC5)cc4F)C(=O)CC3C)ccc(OC)c2n1. The first-order valence-corrected chi connectivity index (χ1v) is 14.0. The second-order valence-corrected chi connectivity index (χ2v) is 10.3. The zero-order valence-corrected chi connectivity index (χ0v) is 23.6. The number of rotatable bonds is 10. The van der Waals surface area contributed by atoms with Crippen LogP contribution in [0, 0.1) is 11.7 Å². The quantitative estimate of drug-likeness (QED) is 0.353. The van der Waals surface area contributed by atoms with Gasteiger partial charge in [-0.25, -0.2) is 19.8 Å². The van der Waals surface area contributed by atoms with E-state index in [0.717, 1.165) is 34.3 Å². The summed E-state index contributed by atoms with van der Waals surface area (Å²) in [5.74, 6) is 0.181. The van der Waals surface area contributed by atoms with Gasteiger partial charge in [-0.15, -0.1) is 0 Å². The molecule has 0 bridgehead atoms. The molecule has 2 aliphatic heterocycles. The van der Waals surface area contributed by atoms with E-state index in [0.29, 0.717) is 62.3 Å². The molecule has 0 aliphatic carbocycles. The number of unbranched alkanes of at least 4 members (excludes halogenated alkanes) is 1. The highest BCUT2D eigenvalue weighted by atomic mass is 19.1. The summed E-state index contributed by atoms with van der Waals surface area (Å²) in [4.78, 5) is 28.9. The maximum absolute atomic E-state index is 14.6. The lowest BCUT2D eigenvalue weighted by Crippen LogP contribution is -2.37. The molecule has 0 spiro atoms. The van der Waals surface area contributed by atoms with E-state index >= 15 is 0 Å². The molecule has 0 radical (unpaired) electrons. The number of hydrazone groups is 2. The van der Waals surface area contributed by atoms with Crippen molar-refractivity contribution in [3.63, 3.8) is 0 Å². The minimum atomic E-state index is -0.483. The van der Waals surface area contributed by atoms with Crippen molar-refractivity contribution in [2.24, 2.45) is 16.1 Å². The maximum Gasteiger partial charge on any atom is 0.243 e. The van der Waals surface area contributed by atoms with Gasteiger partial charge in [-0.05, 0) is 55.7 Å². The zero-order valence-electron chi connectivity index (χ0n) is 23.6. The first kappa shape index (κ1) is 28.2. The lowest BCUT2D eigenvalue weighted by atomic mass is 9.91. The summed E-state index contributed by atoms with van der Waals surface area (Å²) in [6.07, 6.45) is 3.26. The fourth-order valence-electron chi connectivity index (χ4n) is 5.09. The summed E-state index contributed by atoms with van der Waals surface area (Å²) in [7, 11) is 1.64. The van der Waals surface area contributed by atoms with Crippen molar-refractivity contribution >= 4 is 34.1 Å². The summed E-state index contributed by atoms with van der Waals surface area (Å²) in [6.45, 7) is 4.83. The number of carbonyl (C=O) groups is 2. The van der Waals surface area contributed by atoms with Crippen LogP contribution in [0.4, 0.5) is 4.39 Å². The lowest BCUT2D eigenvalue weighted by Gasteiger charge is -2.28. The van der Waals surface area contributed by atoms with Crippen LogP contribution in [0.2, 0.25) is 0 Å². The Balaban J connectivity index is 1.22. The summed E-state index contributed by atoms with van der Waals surface area (Å²) in [6, 6.07) is 12.6. The summed E-state index contributed by atoms with van der Waals surface area (Å²) >= 11 is 0. The van der Waals surface area contributed by atoms with E-state index in [1.54, 1.807) is 19.2 Å². The summed E-state index contributed by atoms with van der Waals surface area (Å²) in [5, 5.41) is 11.3. The number of hydrogen-bond acceptors (Lipinski definition) is 7. The van der Waals surface area contributed by atoms with Crippen LogP contribution in [0.25, 0.3) is 10.9 Å². The Labute approximate surface area is 238 Å². The standard InChI is InChI=1S/C31H34FN5O4/c1-4-21-8-9-23-22(10-13-27(40-3)31(23)33-21)30-19(2)17-29(39)37(36-30)15-5-6-16-41-26-12-7-20(18-24(26)32)25-11-14-28(38)35-34-25/h7-10,12-13,18-19H,4-6,11,14-17H2,1-3H3,(H,35,38). The van der Waals surface area contributed by atoms with Gasteiger partial charge in [0.15, 0.2) is 11.6 Å². The molecule has 5 rings (SSSR count). The smallest absolute Gasteiger partial charge is 0.243 e. The molecule has 0 saturated heterocycles. The number of ether oxygens (including phenoxy) is 2. The van der Waals surface area contributed by atoms with Crippen LogP contribution < -0.4 is 14.9 Å². The number of pyridine rings is 1. The second-order valence-electron chi connectivity index (χ2n) is 10.3. The molecule has 3 heterocycles. The third kappa shape index (κ3) is 6.21. The average molecular weight is 560 g/mol. The number of amides is 2. The molecule has 1 aromatic heterocycles. The zero-order chi connectivity index (χ0) is 28.9. The van der Waals surface area contributed by atoms with Gasteiger partial charge in [-0.2, -0.15) is 10.2 Å². The van der Waals surface area contributed by atoms with Crippen molar-refractivity contribution in [2.45, 2.75) is 52.4 Å². The van der Waals surface area contributed by atoms with E-state index in [1.807, 2.05) is 25.1 Å². The van der Waals surface area contributed by atoms with E-state index in [9.17, 15) is 14.0 Å². The van der Waals surface area contributed by atoms with Crippen molar-refractivity contribution in [3.05, 3.63) is 65.1 Å². The van der Waals surface area contributed by atoms with Gasteiger partial charge in [0, 0.05) is 53.9 Å². The third-order valence-electron chi connectivity index (χ3n) is 7.39. The van der Waals surface area contributed by atoms with Gasteiger partial charge in [0.2, 0.25) is 11.8 Å². The monoisotopic (exact) mass is 559 g/mol. The molecule has 41 heavy (non-hydrogen) atoms. The van der Waals surface area contributed by atoms with Gasteiger partial charge in [-0.3, -0.25) is 9.59 Å². The first-order chi connectivity index (χ1) is 19.9. The number of carbonyl (C=O) groups excluding carboxylic acids is 2. The predicted octanol–water partition coefficient (Wildman–Crippen LogP) is 4.99. The molecule has 1 N–H and O–H groups in total. The van der Waals surface area contributed by atoms with Crippen LogP contribution in [-0.2, 0) is 16.0 Å². The Morgan fingerprint density at radius 3 is 2.63 bits per heavy atom. The molecule has 10 heteroatoms. The van der Waals surface area contributed by atoms with Crippen LogP contribution in [0.1, 0.15) is 62.8 Å². The fourth-order valence-corrected chi connectivity index (χ4v) is 5.09. The molecule has 0 fully saturated rings. The Hall–Kier alpha value is -4.34. The van der Waals surface area contributed by atoms with Gasteiger partial charge >= 0.3 is 0 Å². The van der Waals surface area contributed by atoms with Gasteiger partial charge < -0.3 is 9.47 Å². The number of aryl methyl sites for hydroxylation is 1. The molecule has 3 aromatic rings. The van der Waals surface area contributed by atoms with Crippen molar-refractivity contribution < 1.29 is 23.5 Å². The molecule has 1 unspecified atom stereocenters. The molecule has 9 nitrogen and oxygen atoms in total. The normalized spacial score (nSPS) is 17.3. The first-order valence-electron chi connectivity index (χ1n) is 14.0. The van der Waals surface area contributed by atoms with E-state index in [4.69, 9.17) is 19.6 Å². The number of nitrogens with zero attached hydrogens (tertiary/aromatic N) is 4. The molecule has 214 valence electrons. The largest absolute Gasteiger partial charge is 0.494 e. The van der Waals surface area contributed by atoms with Crippen molar-refractivity contribution in [1.29, 1.82) is 0 Å². The van der Waals surface area contributed by atoms with Crippen LogP contribution in [0.5, 0.6) is 11.5 Å². The van der Waals surface area contributed by atoms with Crippen molar-refractivity contribution in [3.8, 4) is 11.5 Å². The molecule has 2 aromatic carbocycles. The highest BCUT2D eigenvalue weighted by Crippen LogP contribution is 2.31. The Bertz CT molecular complexity index is 1540. The molecular weight excluding hydrogens is 525 g/mol. The Morgan fingerprint density at radius 1 is 1.07 bits per heavy atom. The fraction of sp³-hybridized carbons (Fsp3) is 0.387. The predicted molar refractivity (Wildman–Crippen MR) is 155 cm³/mol. The number of aromatic nitrogens is 1. The van der Waals surface area contributed by atoms with Crippen molar-refractivity contribution in [1.82, 2.24) is 15.4 Å². The van der Waals surface area contributed by atoms with Gasteiger partial charge in [0.05, 0.1) is 25.1 Å². The van der Waals surface area contributed by atoms with E-state index < -0.39 is 5.82 Å². The van der Waals surface area contributed by atoms with Gasteiger partial charge in [0.25, 0.3) is 0 Å². The third-order valence-corrected chi connectivity index (χ3v) is 7.39. The van der Waals surface area contributed by atoms with Crippen LogP contribution >= 0.6 is 0 Å². The van der Waals surface area contributed by atoms with Crippen LogP contribution in [-0.4, -0.2) is 53.5 Å². The van der Waals surface area contributed by atoms with E-state index in [2.05, 4.69) is 23.5 Å². The highest BCUT2D eigenvalue weighted by Gasteiger charge is 2.28. The molecule has 2 aliphatic rings. The van der Waals surface area contributed by atoms with E-state index in [-0.39, 0.29) is 23.5 Å². The van der Waals surface area contributed by atoms with Gasteiger partial charge in [0.1, 0.15) is 11.3 Å². The number of hydrogen-bond donors (Lipinski definition) is 1.